The van der Waals surface area contributed by atoms with Gasteiger partial charge in [-0.25, -0.2) is 4.68 Å². The van der Waals surface area contributed by atoms with Gasteiger partial charge < -0.3 is 15.5 Å². The number of para-hydroxylation sites is 1. The number of anilines is 2. The van der Waals surface area contributed by atoms with Crippen LogP contribution < -0.4 is 15.5 Å². The molecule has 0 saturated carbocycles. The summed E-state index contributed by atoms with van der Waals surface area (Å²) in [4.78, 5) is 27.5. The van der Waals surface area contributed by atoms with Gasteiger partial charge in [0.05, 0.1) is 17.4 Å². The summed E-state index contributed by atoms with van der Waals surface area (Å²) in [6, 6.07) is 19.9. The highest BCUT2D eigenvalue weighted by Gasteiger charge is 2.30. The van der Waals surface area contributed by atoms with Crippen LogP contribution in [-0.2, 0) is 9.59 Å². The van der Waals surface area contributed by atoms with E-state index in [4.69, 9.17) is 5.10 Å². The summed E-state index contributed by atoms with van der Waals surface area (Å²) in [5, 5.41) is 11.0. The molecule has 2 amide bonds. The van der Waals surface area contributed by atoms with Gasteiger partial charge in [0.15, 0.2) is 5.82 Å². The molecule has 0 unspecified atom stereocenters. The molecule has 178 valence electrons. The Morgan fingerprint density at radius 3 is 2.26 bits per heavy atom. The van der Waals surface area contributed by atoms with Gasteiger partial charge in [-0.05, 0) is 44.4 Å². The van der Waals surface area contributed by atoms with Gasteiger partial charge in [-0.3, -0.25) is 9.59 Å². The van der Waals surface area contributed by atoms with Gasteiger partial charge in [0.1, 0.15) is 5.69 Å². The molecule has 1 fully saturated rings. The van der Waals surface area contributed by atoms with Crippen LogP contribution in [0.3, 0.4) is 0 Å². The third-order valence-corrected chi connectivity index (χ3v) is 6.45. The van der Waals surface area contributed by atoms with Gasteiger partial charge in [-0.2, -0.15) is 5.10 Å². The summed E-state index contributed by atoms with van der Waals surface area (Å²) < 4.78 is 1.90. The number of aryl methyl sites for hydroxylation is 1. The monoisotopic (exact) mass is 459 g/mol. The Labute approximate surface area is 201 Å². The number of nitrogens with zero attached hydrogens (tertiary/aromatic N) is 3. The topological polar surface area (TPSA) is 79.3 Å². The van der Waals surface area contributed by atoms with E-state index >= 15 is 0 Å². The van der Waals surface area contributed by atoms with Crippen molar-refractivity contribution in [2.75, 3.05) is 23.3 Å². The fourth-order valence-electron chi connectivity index (χ4n) is 4.44. The SMILES string of the molecule is CCC(=O)Nc1c(C)nn(-c2ccccc2)c1N1CCC(C(=O)N[C@H](C)c2ccccc2)CC1. The molecule has 3 aromatic rings. The molecule has 7 heteroatoms. The number of aromatic nitrogens is 2. The fraction of sp³-hybridized carbons (Fsp3) is 0.370. The fourth-order valence-corrected chi connectivity index (χ4v) is 4.44. The van der Waals surface area contributed by atoms with Crippen molar-refractivity contribution < 1.29 is 9.59 Å². The van der Waals surface area contributed by atoms with Gasteiger partial charge >= 0.3 is 0 Å². The molecule has 0 spiro atoms. The second-order valence-corrected chi connectivity index (χ2v) is 8.84. The number of piperidine rings is 1. The average Bonchev–Trinajstić information content (AvgIpc) is 3.20. The Hall–Kier alpha value is -3.61. The summed E-state index contributed by atoms with van der Waals surface area (Å²) in [5.74, 6) is 0.900. The highest BCUT2D eigenvalue weighted by Crippen LogP contribution is 2.35. The number of rotatable bonds is 7. The zero-order chi connectivity index (χ0) is 24.1. The number of carbonyl (C=O) groups is 2. The molecule has 0 bridgehead atoms. The molecule has 1 atom stereocenters. The van der Waals surface area contributed by atoms with Crippen LogP contribution in [0.2, 0.25) is 0 Å². The maximum Gasteiger partial charge on any atom is 0.224 e. The lowest BCUT2D eigenvalue weighted by molar-refractivity contribution is -0.126. The van der Waals surface area contributed by atoms with Crippen LogP contribution in [-0.4, -0.2) is 34.7 Å². The minimum Gasteiger partial charge on any atom is -0.355 e. The number of benzene rings is 2. The first kappa shape index (κ1) is 23.5. The molecule has 4 rings (SSSR count). The number of amides is 2. The van der Waals surface area contributed by atoms with Crippen molar-refractivity contribution in [3.63, 3.8) is 0 Å². The van der Waals surface area contributed by atoms with E-state index < -0.39 is 0 Å². The van der Waals surface area contributed by atoms with Gasteiger partial charge in [0, 0.05) is 25.4 Å². The van der Waals surface area contributed by atoms with E-state index in [1.165, 1.54) is 0 Å². The lowest BCUT2D eigenvalue weighted by atomic mass is 9.95. The highest BCUT2D eigenvalue weighted by molar-refractivity contribution is 5.94. The Balaban J connectivity index is 1.51. The first-order chi connectivity index (χ1) is 16.5. The van der Waals surface area contributed by atoms with E-state index in [1.54, 1.807) is 0 Å². The summed E-state index contributed by atoms with van der Waals surface area (Å²) in [7, 11) is 0. The molecule has 1 aromatic heterocycles. The van der Waals surface area contributed by atoms with Crippen LogP contribution >= 0.6 is 0 Å². The molecule has 2 N–H and O–H groups in total. The summed E-state index contributed by atoms with van der Waals surface area (Å²) in [5.41, 5.74) is 3.56. The molecule has 7 nitrogen and oxygen atoms in total. The van der Waals surface area contributed by atoms with Crippen molar-refractivity contribution in [3.05, 3.63) is 71.9 Å². The van der Waals surface area contributed by atoms with Crippen molar-refractivity contribution in [2.24, 2.45) is 5.92 Å². The van der Waals surface area contributed by atoms with Crippen LogP contribution in [0.1, 0.15) is 50.4 Å². The van der Waals surface area contributed by atoms with Crippen LogP contribution in [0.25, 0.3) is 5.69 Å². The molecule has 34 heavy (non-hydrogen) atoms. The van der Waals surface area contributed by atoms with Crippen molar-refractivity contribution in [3.8, 4) is 5.69 Å². The molecule has 0 aliphatic carbocycles. The predicted octanol–water partition coefficient (Wildman–Crippen LogP) is 4.62. The van der Waals surface area contributed by atoms with E-state index in [9.17, 15) is 9.59 Å². The van der Waals surface area contributed by atoms with Crippen molar-refractivity contribution in [1.29, 1.82) is 0 Å². The van der Waals surface area contributed by atoms with Gasteiger partial charge in [0.2, 0.25) is 11.8 Å². The molecule has 2 heterocycles. The smallest absolute Gasteiger partial charge is 0.224 e. The maximum atomic E-state index is 13.0. The van der Waals surface area contributed by atoms with E-state index in [0.717, 1.165) is 41.3 Å². The third kappa shape index (κ3) is 5.14. The van der Waals surface area contributed by atoms with Crippen molar-refractivity contribution in [2.45, 2.75) is 46.1 Å². The zero-order valence-corrected chi connectivity index (χ0v) is 20.1. The molecule has 1 saturated heterocycles. The second-order valence-electron chi connectivity index (χ2n) is 8.84. The first-order valence-electron chi connectivity index (χ1n) is 12.0. The zero-order valence-electron chi connectivity index (χ0n) is 20.1. The first-order valence-corrected chi connectivity index (χ1v) is 12.0. The standard InChI is InChI=1S/C27H33N5O2/c1-4-24(33)29-25-20(3)30-32(23-13-9-6-10-14-23)27(25)31-17-15-22(16-18-31)26(34)28-19(2)21-11-7-5-8-12-21/h5-14,19,22H,4,15-18H2,1-3H3,(H,28,34)(H,29,33)/t19-/m1/s1. The van der Waals surface area contributed by atoms with Crippen molar-refractivity contribution in [1.82, 2.24) is 15.1 Å². The van der Waals surface area contributed by atoms with Crippen LogP contribution in [0.4, 0.5) is 11.5 Å². The van der Waals surface area contributed by atoms with E-state index in [1.807, 2.05) is 86.1 Å². The summed E-state index contributed by atoms with van der Waals surface area (Å²) >= 11 is 0. The molecule has 2 aromatic carbocycles. The quantitative estimate of drug-likeness (QED) is 0.540. The third-order valence-electron chi connectivity index (χ3n) is 6.45. The van der Waals surface area contributed by atoms with E-state index in [0.29, 0.717) is 19.5 Å². The highest BCUT2D eigenvalue weighted by atomic mass is 16.2. The second kappa shape index (κ2) is 10.5. The molecule has 1 aliphatic heterocycles. The van der Waals surface area contributed by atoms with Gasteiger partial charge in [-0.15, -0.1) is 0 Å². The lowest BCUT2D eigenvalue weighted by Crippen LogP contribution is -2.42. The Kier molecular flexibility index (Phi) is 7.30. The number of hydrogen-bond donors (Lipinski definition) is 2. The molecular formula is C27H33N5O2. The van der Waals surface area contributed by atoms with Crippen LogP contribution in [0.15, 0.2) is 60.7 Å². The molecule has 1 aliphatic rings. The van der Waals surface area contributed by atoms with Gasteiger partial charge in [-0.1, -0.05) is 55.5 Å². The largest absolute Gasteiger partial charge is 0.355 e. The van der Waals surface area contributed by atoms with E-state index in [2.05, 4.69) is 15.5 Å². The number of nitrogens with one attached hydrogen (secondary N) is 2. The Morgan fingerprint density at radius 2 is 1.65 bits per heavy atom. The van der Waals surface area contributed by atoms with Crippen LogP contribution in [0, 0.1) is 12.8 Å². The summed E-state index contributed by atoms with van der Waals surface area (Å²) in [6.07, 6.45) is 1.89. The minimum atomic E-state index is -0.0406. The predicted molar refractivity (Wildman–Crippen MR) is 135 cm³/mol. The Morgan fingerprint density at radius 1 is 1.03 bits per heavy atom. The lowest BCUT2D eigenvalue weighted by Gasteiger charge is -2.34. The Bertz CT molecular complexity index is 1120. The van der Waals surface area contributed by atoms with Crippen LogP contribution in [0.5, 0.6) is 0 Å². The molecule has 0 radical (unpaired) electrons. The van der Waals surface area contributed by atoms with E-state index in [-0.39, 0.29) is 23.8 Å². The number of hydrogen-bond acceptors (Lipinski definition) is 4. The average molecular weight is 460 g/mol. The summed E-state index contributed by atoms with van der Waals surface area (Å²) in [6.45, 7) is 7.20. The maximum absolute atomic E-state index is 13.0. The normalized spacial score (nSPS) is 15.1. The van der Waals surface area contributed by atoms with Crippen molar-refractivity contribution >= 4 is 23.3 Å². The molecular weight excluding hydrogens is 426 g/mol. The minimum absolute atomic E-state index is 0.0234. The number of carbonyl (C=O) groups excluding carboxylic acids is 2. The van der Waals surface area contributed by atoms with Gasteiger partial charge in [0.25, 0.3) is 0 Å².